The molecule has 1 nitrogen and oxygen atoms in total. The van der Waals surface area contributed by atoms with E-state index in [0.717, 1.165) is 5.56 Å². The molecule has 0 fully saturated rings. The molecule has 0 aliphatic rings. The number of Topliss-reactive ketones (excluding diaryl/α,β-unsaturated/α-hetero) is 1. The van der Waals surface area contributed by atoms with Crippen LogP contribution in [-0.2, 0) is 0 Å². The Labute approximate surface area is 144 Å². The van der Waals surface area contributed by atoms with Crippen molar-refractivity contribution in [2.45, 2.75) is 14.5 Å². The van der Waals surface area contributed by atoms with Crippen molar-refractivity contribution in [2.75, 3.05) is 0 Å². The maximum atomic E-state index is 12.4. The van der Waals surface area contributed by atoms with Gasteiger partial charge in [0, 0.05) is 5.56 Å². The van der Waals surface area contributed by atoms with Crippen molar-refractivity contribution in [3.8, 4) is 0 Å². The molecule has 0 saturated carbocycles. The molecule has 0 spiro atoms. The fourth-order valence-electron chi connectivity index (χ4n) is 1.88. The first-order valence-corrected chi connectivity index (χ1v) is 8.92. The minimum atomic E-state index is -0.297. The Bertz CT molecular complexity index is 556. The van der Waals surface area contributed by atoms with Crippen LogP contribution in [0.3, 0.4) is 0 Å². The van der Waals surface area contributed by atoms with Gasteiger partial charge in [0.1, 0.15) is 0 Å². The molecule has 0 aliphatic carbocycles. The Morgan fingerprint density at radius 3 is 1.85 bits per heavy atom. The molecule has 20 heavy (non-hydrogen) atoms. The van der Waals surface area contributed by atoms with E-state index < -0.39 is 0 Å². The van der Waals surface area contributed by atoms with E-state index in [-0.39, 0.29) is 20.3 Å². The second-order valence-corrected chi connectivity index (χ2v) is 7.42. The lowest BCUT2D eigenvalue weighted by Crippen LogP contribution is -2.27. The topological polar surface area (TPSA) is 17.1 Å². The third kappa shape index (κ3) is 3.80. The highest BCUT2D eigenvalue weighted by Gasteiger charge is 2.30. The van der Waals surface area contributed by atoms with E-state index in [0.29, 0.717) is 5.56 Å². The minimum Gasteiger partial charge on any atom is -0.293 e. The van der Waals surface area contributed by atoms with E-state index in [1.807, 2.05) is 60.7 Å². The summed E-state index contributed by atoms with van der Waals surface area (Å²) in [5.41, 5.74) is 1.85. The van der Waals surface area contributed by atoms with Gasteiger partial charge in [-0.2, -0.15) is 0 Å². The number of halogens is 3. The Hall–Kier alpha value is -0.450. The van der Waals surface area contributed by atoms with Crippen LogP contribution < -0.4 is 0 Å². The zero-order valence-electron chi connectivity index (χ0n) is 10.5. The van der Waals surface area contributed by atoms with E-state index in [9.17, 15) is 4.79 Å². The molecule has 0 unspecified atom stereocenters. The van der Waals surface area contributed by atoms with Crippen LogP contribution in [0.25, 0.3) is 0 Å². The summed E-state index contributed by atoms with van der Waals surface area (Å²) in [7, 11) is 0. The monoisotopic (exact) mass is 458 g/mol. The third-order valence-electron chi connectivity index (χ3n) is 2.99. The number of ketones is 1. The van der Waals surface area contributed by atoms with Gasteiger partial charge in [0.15, 0.2) is 5.78 Å². The number of hydrogen-bond acceptors (Lipinski definition) is 1. The first-order chi connectivity index (χ1) is 9.61. The van der Waals surface area contributed by atoms with Gasteiger partial charge in [-0.1, -0.05) is 108 Å². The largest absolute Gasteiger partial charge is 0.293 e. The minimum absolute atomic E-state index is 0.0439. The summed E-state index contributed by atoms with van der Waals surface area (Å²) in [5.74, 6) is 0.0767. The molecule has 0 aromatic heterocycles. The summed E-state index contributed by atoms with van der Waals surface area (Å²) >= 11 is 10.8. The third-order valence-corrected chi connectivity index (χ3v) is 7.55. The van der Waals surface area contributed by atoms with Gasteiger partial charge in [0.05, 0.1) is 14.5 Å². The van der Waals surface area contributed by atoms with Crippen LogP contribution in [0.2, 0.25) is 0 Å². The van der Waals surface area contributed by atoms with Gasteiger partial charge in [-0.15, -0.1) is 0 Å². The number of carbonyl (C=O) groups excluding carboxylic acids is 1. The summed E-state index contributed by atoms with van der Waals surface area (Å²) < 4.78 is 0. The first kappa shape index (κ1) is 15.9. The summed E-state index contributed by atoms with van der Waals surface area (Å²) in [4.78, 5) is 12.1. The molecule has 2 rings (SSSR count). The van der Waals surface area contributed by atoms with Crippen LogP contribution in [-0.4, -0.2) is 15.4 Å². The number of carbonyl (C=O) groups is 1. The lowest BCUT2D eigenvalue weighted by Gasteiger charge is -2.21. The molecular formula is C16H13Br3O. The summed E-state index contributed by atoms with van der Waals surface area (Å²) in [6.45, 7) is 0. The predicted molar refractivity (Wildman–Crippen MR) is 94.3 cm³/mol. The number of hydrogen-bond donors (Lipinski definition) is 0. The highest BCUT2D eigenvalue weighted by molar-refractivity contribution is 9.13. The zero-order valence-corrected chi connectivity index (χ0v) is 15.3. The molecule has 0 aliphatic heterocycles. The molecular weight excluding hydrogens is 448 g/mol. The van der Waals surface area contributed by atoms with Crippen molar-refractivity contribution in [1.82, 2.24) is 0 Å². The highest BCUT2D eigenvalue weighted by Crippen LogP contribution is 2.36. The van der Waals surface area contributed by atoms with E-state index >= 15 is 0 Å². The fraction of sp³-hybridized carbons (Fsp3) is 0.188. The Balaban J connectivity index is 2.13. The van der Waals surface area contributed by atoms with Crippen molar-refractivity contribution >= 4 is 53.6 Å². The first-order valence-electron chi connectivity index (χ1n) is 6.17. The average molecular weight is 461 g/mol. The van der Waals surface area contributed by atoms with Crippen LogP contribution in [0.4, 0.5) is 0 Å². The summed E-state index contributed by atoms with van der Waals surface area (Å²) in [5, 5.41) is 0. The number of alkyl halides is 3. The van der Waals surface area contributed by atoms with Gasteiger partial charge >= 0.3 is 0 Å². The molecule has 3 atom stereocenters. The molecule has 0 amide bonds. The van der Waals surface area contributed by atoms with E-state index in [2.05, 4.69) is 47.8 Å². The van der Waals surface area contributed by atoms with Crippen LogP contribution >= 0.6 is 47.8 Å². The van der Waals surface area contributed by atoms with Gasteiger partial charge in [-0.3, -0.25) is 4.79 Å². The van der Waals surface area contributed by atoms with Crippen LogP contribution in [0.15, 0.2) is 60.7 Å². The Morgan fingerprint density at radius 1 is 0.800 bits per heavy atom. The maximum absolute atomic E-state index is 12.4. The van der Waals surface area contributed by atoms with Crippen LogP contribution in [0.5, 0.6) is 0 Å². The normalized spacial score (nSPS) is 15.3. The molecule has 2 aromatic rings. The van der Waals surface area contributed by atoms with Crippen molar-refractivity contribution in [3.63, 3.8) is 0 Å². The molecule has 0 N–H and O–H groups in total. The molecule has 0 saturated heterocycles. The molecule has 0 heterocycles. The second-order valence-electron chi connectivity index (χ2n) is 4.39. The molecule has 4 heteroatoms. The van der Waals surface area contributed by atoms with E-state index in [4.69, 9.17) is 0 Å². The lowest BCUT2D eigenvalue weighted by molar-refractivity contribution is 0.0991. The van der Waals surface area contributed by atoms with Gasteiger partial charge in [-0.05, 0) is 5.56 Å². The van der Waals surface area contributed by atoms with E-state index in [1.165, 1.54) is 0 Å². The average Bonchev–Trinajstić information content (AvgIpc) is 2.53. The second kappa shape index (κ2) is 7.53. The Kier molecular flexibility index (Phi) is 6.00. The zero-order chi connectivity index (χ0) is 14.5. The van der Waals surface area contributed by atoms with Crippen molar-refractivity contribution in [2.24, 2.45) is 0 Å². The van der Waals surface area contributed by atoms with Crippen LogP contribution in [0.1, 0.15) is 20.7 Å². The molecule has 104 valence electrons. The smallest absolute Gasteiger partial charge is 0.177 e. The SMILES string of the molecule is O=C(c1ccccc1)[C@H](Br)[C@H](Br)[C@@H](Br)c1ccccc1. The maximum Gasteiger partial charge on any atom is 0.177 e. The van der Waals surface area contributed by atoms with Gasteiger partial charge in [0.2, 0.25) is 0 Å². The Morgan fingerprint density at radius 2 is 1.30 bits per heavy atom. The number of rotatable bonds is 5. The quantitative estimate of drug-likeness (QED) is 0.423. The summed E-state index contributed by atoms with van der Waals surface area (Å²) in [6.07, 6.45) is 0. The molecule has 0 bridgehead atoms. The van der Waals surface area contributed by atoms with Crippen LogP contribution in [0, 0.1) is 0 Å². The number of benzene rings is 2. The van der Waals surface area contributed by atoms with Gasteiger partial charge in [0.25, 0.3) is 0 Å². The standard InChI is InChI=1S/C16H13Br3O/c17-13(11-7-3-1-4-8-11)14(18)15(19)16(20)12-9-5-2-6-10-12/h1-10,13-15H/t13-,14+,15+/m0/s1. The van der Waals surface area contributed by atoms with Crippen molar-refractivity contribution in [3.05, 3.63) is 71.8 Å². The summed E-state index contributed by atoms with van der Waals surface area (Å²) in [6, 6.07) is 19.4. The molecule has 2 aromatic carbocycles. The lowest BCUT2D eigenvalue weighted by atomic mass is 10.0. The highest BCUT2D eigenvalue weighted by atomic mass is 79.9. The fourth-order valence-corrected chi connectivity index (χ4v) is 4.01. The van der Waals surface area contributed by atoms with Crippen molar-refractivity contribution < 1.29 is 4.79 Å². The van der Waals surface area contributed by atoms with Gasteiger partial charge < -0.3 is 0 Å². The predicted octanol–water partition coefficient (Wildman–Crippen LogP) is 5.53. The molecule has 0 radical (unpaired) electrons. The van der Waals surface area contributed by atoms with Crippen molar-refractivity contribution in [1.29, 1.82) is 0 Å². The van der Waals surface area contributed by atoms with Gasteiger partial charge in [-0.25, -0.2) is 0 Å². The van der Waals surface area contributed by atoms with E-state index in [1.54, 1.807) is 0 Å².